The second-order valence-corrected chi connectivity index (χ2v) is 11.1. The van der Waals surface area contributed by atoms with Crippen LogP contribution in [0.25, 0.3) is 22.1 Å². The molecule has 1 saturated heterocycles. The van der Waals surface area contributed by atoms with Crippen molar-refractivity contribution >= 4 is 40.8 Å². The first-order chi connectivity index (χ1) is 23.9. The van der Waals surface area contributed by atoms with E-state index in [-0.39, 0.29) is 34.6 Å². The maximum Gasteiger partial charge on any atom is 0.375 e. The Morgan fingerprint density at radius 2 is 1.42 bits per heavy atom. The van der Waals surface area contributed by atoms with Crippen molar-refractivity contribution in [2.45, 2.75) is 65.3 Å². The van der Waals surface area contributed by atoms with E-state index in [1.807, 2.05) is 0 Å². The normalized spacial score (nSPS) is 21.0. The van der Waals surface area contributed by atoms with Crippen molar-refractivity contribution in [2.24, 2.45) is 0 Å². The lowest BCUT2D eigenvalue weighted by atomic mass is 9.98. The van der Waals surface area contributed by atoms with E-state index in [2.05, 4.69) is 0 Å². The second-order valence-electron chi connectivity index (χ2n) is 11.1. The number of ether oxygens (including phenoxy) is 9. The van der Waals surface area contributed by atoms with Crippen LogP contribution in [0, 0.1) is 0 Å². The van der Waals surface area contributed by atoms with Gasteiger partial charge in [-0.3, -0.25) is 24.0 Å². The maximum absolute atomic E-state index is 13.9. The van der Waals surface area contributed by atoms with Gasteiger partial charge in [0.1, 0.15) is 37.3 Å². The molecule has 0 radical (unpaired) electrons. The number of rotatable bonds is 10. The van der Waals surface area contributed by atoms with Gasteiger partial charge in [0.15, 0.2) is 23.7 Å². The van der Waals surface area contributed by atoms with E-state index in [0.717, 1.165) is 27.7 Å². The van der Waals surface area contributed by atoms with E-state index in [9.17, 15) is 28.8 Å². The highest BCUT2D eigenvalue weighted by Crippen LogP contribution is 2.37. The minimum atomic E-state index is -1.55. The zero-order chi connectivity index (χ0) is 36.1. The summed E-state index contributed by atoms with van der Waals surface area (Å²) in [6.07, 6.45) is -7.18. The molecule has 3 aromatic rings. The van der Waals surface area contributed by atoms with Gasteiger partial charge >= 0.3 is 29.8 Å². The number of benzene rings is 2. The standard InChI is InChI=1S/C34H34O16/c1-6-41-33(40)30-27(20-7-10-23-25(13-20)43-12-11-42-23)28(39)22-9-8-21(14-24(22)49-30)48-34-32(47-19(5)38)31(46-18(4)37)29(45-17(3)36)26(50-34)15-44-16(2)35/h7-10,13-14,26,29,31-32,34H,6,11-12,15H2,1-5H3/t26-,29+,31+,32+,34+/m0/s1. The molecule has 0 amide bonds. The Kier molecular flexibility index (Phi) is 10.9. The summed E-state index contributed by atoms with van der Waals surface area (Å²) >= 11 is 0. The molecular weight excluding hydrogens is 664 g/mol. The number of carbonyl (C=O) groups is 5. The fourth-order valence-electron chi connectivity index (χ4n) is 5.47. The van der Waals surface area contributed by atoms with Crippen LogP contribution in [0.1, 0.15) is 45.2 Å². The number of esters is 5. The summed E-state index contributed by atoms with van der Waals surface area (Å²) in [5, 5.41) is 0.0665. The molecule has 16 heteroatoms. The van der Waals surface area contributed by atoms with Gasteiger partial charge < -0.3 is 47.0 Å². The van der Waals surface area contributed by atoms with E-state index >= 15 is 0 Å². The van der Waals surface area contributed by atoms with Crippen LogP contribution in [0.2, 0.25) is 0 Å². The first-order valence-electron chi connectivity index (χ1n) is 15.5. The predicted octanol–water partition coefficient (Wildman–Crippen LogP) is 2.87. The molecule has 2 aliphatic rings. The summed E-state index contributed by atoms with van der Waals surface area (Å²) in [6.45, 7) is 6.22. The average molecular weight is 699 g/mol. The molecule has 266 valence electrons. The third-order valence-corrected chi connectivity index (χ3v) is 7.36. The van der Waals surface area contributed by atoms with Crippen molar-refractivity contribution in [1.29, 1.82) is 0 Å². The molecule has 0 saturated carbocycles. The summed E-state index contributed by atoms with van der Waals surface area (Å²) in [5.74, 6) is -3.54. The van der Waals surface area contributed by atoms with E-state index in [0.29, 0.717) is 30.3 Å². The van der Waals surface area contributed by atoms with Crippen LogP contribution >= 0.6 is 0 Å². The van der Waals surface area contributed by atoms with Crippen molar-refractivity contribution in [3.8, 4) is 28.4 Å². The van der Waals surface area contributed by atoms with Gasteiger partial charge in [0.2, 0.25) is 23.6 Å². The molecule has 1 aromatic heterocycles. The van der Waals surface area contributed by atoms with Crippen LogP contribution in [0.5, 0.6) is 17.2 Å². The molecular formula is C34H34O16. The van der Waals surface area contributed by atoms with Gasteiger partial charge in [-0.2, -0.15) is 0 Å². The third kappa shape index (κ3) is 7.97. The van der Waals surface area contributed by atoms with Crippen molar-refractivity contribution in [2.75, 3.05) is 26.4 Å². The largest absolute Gasteiger partial charge is 0.486 e. The topological polar surface area (TPSA) is 199 Å². The Morgan fingerprint density at radius 1 is 0.760 bits per heavy atom. The van der Waals surface area contributed by atoms with E-state index < -0.39 is 72.6 Å². The molecule has 2 aromatic carbocycles. The number of hydrogen-bond donors (Lipinski definition) is 0. The Labute approximate surface area is 284 Å². The van der Waals surface area contributed by atoms with Crippen LogP contribution in [0.3, 0.4) is 0 Å². The fourth-order valence-corrected chi connectivity index (χ4v) is 5.47. The van der Waals surface area contributed by atoms with Crippen LogP contribution < -0.4 is 19.6 Å². The Bertz CT molecular complexity index is 1860. The maximum atomic E-state index is 13.9. The van der Waals surface area contributed by atoms with E-state index in [4.69, 9.17) is 47.0 Å². The van der Waals surface area contributed by atoms with E-state index in [1.165, 1.54) is 18.2 Å². The fraction of sp³-hybridized carbons (Fsp3) is 0.412. The van der Waals surface area contributed by atoms with E-state index in [1.54, 1.807) is 25.1 Å². The molecule has 0 spiro atoms. The average Bonchev–Trinajstić information content (AvgIpc) is 3.05. The quantitative estimate of drug-likeness (QED) is 0.221. The highest BCUT2D eigenvalue weighted by atomic mass is 16.7. The zero-order valence-corrected chi connectivity index (χ0v) is 27.7. The molecule has 3 heterocycles. The van der Waals surface area contributed by atoms with Crippen LogP contribution in [0.4, 0.5) is 0 Å². The van der Waals surface area contributed by atoms with Crippen molar-refractivity contribution in [1.82, 2.24) is 0 Å². The Balaban J connectivity index is 1.57. The third-order valence-electron chi connectivity index (χ3n) is 7.36. The minimum absolute atomic E-state index is 0.00673. The summed E-state index contributed by atoms with van der Waals surface area (Å²) in [5.41, 5.74) is -0.390. The molecule has 1 fully saturated rings. The SMILES string of the molecule is CCOC(=O)c1oc2cc(O[C@@H]3O[C@@H](COC(C)=O)[C@@H](OC(C)=O)[C@@H](OC(C)=O)[C@H]3OC(C)=O)ccc2c(=O)c1-c1ccc2c(c1)OCCO2. The lowest BCUT2D eigenvalue weighted by molar-refractivity contribution is -0.288. The summed E-state index contributed by atoms with van der Waals surface area (Å²) < 4.78 is 55.9. The predicted molar refractivity (Wildman–Crippen MR) is 167 cm³/mol. The monoisotopic (exact) mass is 698 g/mol. The van der Waals surface area contributed by atoms with Gasteiger partial charge in [0, 0.05) is 33.8 Å². The smallest absolute Gasteiger partial charge is 0.375 e. The molecule has 16 nitrogen and oxygen atoms in total. The molecule has 5 atom stereocenters. The first kappa shape index (κ1) is 35.7. The van der Waals surface area contributed by atoms with Gasteiger partial charge in [0.25, 0.3) is 0 Å². The number of carbonyl (C=O) groups excluding carboxylic acids is 5. The zero-order valence-electron chi connectivity index (χ0n) is 27.7. The van der Waals surface area contributed by atoms with Gasteiger partial charge in [-0.15, -0.1) is 0 Å². The molecule has 0 unspecified atom stereocenters. The summed E-state index contributed by atoms with van der Waals surface area (Å²) in [4.78, 5) is 75.1. The second kappa shape index (κ2) is 15.3. The molecule has 0 N–H and O–H groups in total. The Hall–Kier alpha value is -5.64. The summed E-state index contributed by atoms with van der Waals surface area (Å²) in [7, 11) is 0. The van der Waals surface area contributed by atoms with Gasteiger partial charge in [-0.25, -0.2) is 4.79 Å². The molecule has 5 rings (SSSR count). The van der Waals surface area contributed by atoms with Gasteiger partial charge in [-0.05, 0) is 36.8 Å². The van der Waals surface area contributed by atoms with Crippen LogP contribution in [-0.4, -0.2) is 87.0 Å². The lowest BCUT2D eigenvalue weighted by Crippen LogP contribution is -2.63. The molecule has 50 heavy (non-hydrogen) atoms. The van der Waals surface area contributed by atoms with Gasteiger partial charge in [-0.1, -0.05) is 6.07 Å². The number of fused-ring (bicyclic) bond motifs is 2. The van der Waals surface area contributed by atoms with Crippen LogP contribution in [0.15, 0.2) is 45.6 Å². The number of hydrogen-bond acceptors (Lipinski definition) is 16. The highest BCUT2D eigenvalue weighted by molar-refractivity contribution is 5.98. The highest BCUT2D eigenvalue weighted by Gasteiger charge is 2.53. The minimum Gasteiger partial charge on any atom is -0.486 e. The molecule has 2 aliphatic heterocycles. The van der Waals surface area contributed by atoms with Gasteiger partial charge in [0.05, 0.1) is 17.6 Å². The van der Waals surface area contributed by atoms with Crippen molar-refractivity contribution in [3.63, 3.8) is 0 Å². The molecule has 0 aliphatic carbocycles. The Morgan fingerprint density at radius 3 is 2.08 bits per heavy atom. The first-order valence-corrected chi connectivity index (χ1v) is 15.5. The molecule has 0 bridgehead atoms. The summed E-state index contributed by atoms with van der Waals surface area (Å²) in [6, 6.07) is 8.85. The van der Waals surface area contributed by atoms with Crippen molar-refractivity contribution in [3.05, 3.63) is 52.4 Å². The van der Waals surface area contributed by atoms with Crippen molar-refractivity contribution < 1.29 is 71.0 Å². The van der Waals surface area contributed by atoms with Crippen LogP contribution in [-0.2, 0) is 47.6 Å². The lowest BCUT2D eigenvalue weighted by Gasteiger charge is -2.43.